The molecule has 0 atom stereocenters. The molecule has 0 bridgehead atoms. The van der Waals surface area contributed by atoms with E-state index in [1.807, 2.05) is 6.08 Å². The van der Waals surface area contributed by atoms with Crippen molar-refractivity contribution in [3.8, 4) is 0 Å². The summed E-state index contributed by atoms with van der Waals surface area (Å²) in [6.45, 7) is 7.85. The lowest BCUT2D eigenvalue weighted by atomic mass is 10.2. The average Bonchev–Trinajstić information content (AvgIpc) is 2.11. The van der Waals surface area contributed by atoms with Crippen LogP contribution in [0.1, 0.15) is 26.2 Å². The Hall–Kier alpha value is -0.600. The predicted octanol–water partition coefficient (Wildman–Crippen LogP) is 2.36. The molecule has 0 rings (SSSR count). The van der Waals surface area contributed by atoms with E-state index in [-0.39, 0.29) is 0 Å². The Labute approximate surface area is 82.3 Å². The lowest BCUT2D eigenvalue weighted by molar-refractivity contribution is 0.246. The van der Waals surface area contributed by atoms with Crippen molar-refractivity contribution in [3.05, 3.63) is 24.8 Å². The van der Waals surface area contributed by atoms with Crippen LogP contribution in [0.15, 0.2) is 24.8 Å². The van der Waals surface area contributed by atoms with Gasteiger partial charge in [-0.2, -0.15) is 0 Å². The molecule has 0 aromatic heterocycles. The van der Waals surface area contributed by atoms with Gasteiger partial charge >= 0.3 is 0 Å². The molecule has 0 radical (unpaired) electrons. The Morgan fingerprint density at radius 1 is 1.23 bits per heavy atom. The normalized spacial score (nSPS) is 11.3. The summed E-state index contributed by atoms with van der Waals surface area (Å²) in [5, 5.41) is 2.12. The Morgan fingerprint density at radius 3 is 2.54 bits per heavy atom. The van der Waals surface area contributed by atoms with Crippen LogP contribution in [0.5, 0.6) is 0 Å². The Kier molecular flexibility index (Phi) is 9.05. The first-order chi connectivity index (χ1) is 6.31. The van der Waals surface area contributed by atoms with E-state index in [0.29, 0.717) is 0 Å². The smallest absolute Gasteiger partial charge is 0.0162 e. The molecule has 0 saturated heterocycles. The van der Waals surface area contributed by atoms with E-state index >= 15 is 0 Å². The lowest BCUT2D eigenvalue weighted by Crippen LogP contribution is -2.34. The summed E-state index contributed by atoms with van der Waals surface area (Å²) in [6.07, 6.45) is 9.72. The van der Waals surface area contributed by atoms with Crippen LogP contribution in [0.25, 0.3) is 0 Å². The molecule has 0 aliphatic carbocycles. The molecule has 0 aliphatic heterocycles. The number of allylic oxidation sites excluding steroid dienone is 2. The second kappa shape index (κ2) is 9.49. The van der Waals surface area contributed by atoms with Crippen molar-refractivity contribution in [3.63, 3.8) is 0 Å². The molecule has 0 aliphatic rings. The number of unbranched alkanes of at least 4 members (excludes halogenated alkanes) is 1. The molecule has 0 spiro atoms. The van der Waals surface area contributed by atoms with E-state index in [9.17, 15) is 0 Å². The van der Waals surface area contributed by atoms with Crippen LogP contribution in [0.4, 0.5) is 0 Å². The summed E-state index contributed by atoms with van der Waals surface area (Å²) in [5.74, 6) is 0. The van der Waals surface area contributed by atoms with Crippen molar-refractivity contribution in [2.24, 2.45) is 0 Å². The second-order valence-corrected chi connectivity index (χ2v) is 3.06. The fraction of sp³-hybridized carbons (Fsp3) is 0.636. The minimum absolute atomic E-state index is 0.997. The van der Waals surface area contributed by atoms with Crippen LogP contribution in [-0.2, 0) is 0 Å². The molecule has 0 aromatic rings. The molecule has 0 aromatic carbocycles. The maximum Gasteiger partial charge on any atom is 0.0162 e. The topological polar surface area (TPSA) is 15.3 Å². The first-order valence-electron chi connectivity index (χ1n) is 5.01. The monoisotopic (exact) mass is 182 g/mol. The molecule has 0 fully saturated rings. The highest BCUT2D eigenvalue weighted by atomic mass is 15.5. The van der Waals surface area contributed by atoms with Crippen LogP contribution >= 0.6 is 0 Å². The van der Waals surface area contributed by atoms with Gasteiger partial charge < -0.3 is 0 Å². The number of hydrogen-bond donors (Lipinski definition) is 1. The molecule has 2 nitrogen and oxygen atoms in total. The first-order valence-corrected chi connectivity index (χ1v) is 5.01. The van der Waals surface area contributed by atoms with E-state index in [0.717, 1.165) is 32.4 Å². The highest BCUT2D eigenvalue weighted by molar-refractivity contribution is 4.84. The number of nitrogens with zero attached hydrogens (tertiary/aromatic N) is 1. The molecule has 0 amide bonds. The molecule has 0 heterocycles. The standard InChI is InChI=1S/C11H22N2/c1-4-6-7-8-9-10-11-13(3)12-5-2/h4,8-9,12H,1,5-7,10-11H2,2-3H3/b9-8+. The van der Waals surface area contributed by atoms with E-state index in [1.165, 1.54) is 0 Å². The molecule has 0 unspecified atom stereocenters. The first kappa shape index (κ1) is 12.4. The second-order valence-electron chi connectivity index (χ2n) is 3.06. The zero-order valence-electron chi connectivity index (χ0n) is 8.92. The summed E-state index contributed by atoms with van der Waals surface area (Å²) in [6, 6.07) is 0. The summed E-state index contributed by atoms with van der Waals surface area (Å²) in [5.41, 5.74) is 3.23. The van der Waals surface area contributed by atoms with Crippen molar-refractivity contribution < 1.29 is 0 Å². The van der Waals surface area contributed by atoms with Crippen molar-refractivity contribution >= 4 is 0 Å². The number of rotatable bonds is 8. The van der Waals surface area contributed by atoms with Gasteiger partial charge in [0.25, 0.3) is 0 Å². The Bertz CT molecular complexity index is 141. The van der Waals surface area contributed by atoms with Crippen LogP contribution in [0.3, 0.4) is 0 Å². The third kappa shape index (κ3) is 9.31. The largest absolute Gasteiger partial charge is 0.256 e. The SMILES string of the molecule is C=CCC/C=C/CCN(C)NCC. The van der Waals surface area contributed by atoms with Gasteiger partial charge in [0.2, 0.25) is 0 Å². The number of hydrazine groups is 1. The molecule has 1 N–H and O–H groups in total. The zero-order valence-corrected chi connectivity index (χ0v) is 8.92. The maximum absolute atomic E-state index is 3.68. The minimum atomic E-state index is 0.997. The number of nitrogens with one attached hydrogen (secondary N) is 1. The summed E-state index contributed by atoms with van der Waals surface area (Å²) < 4.78 is 0. The van der Waals surface area contributed by atoms with Gasteiger partial charge in [0.15, 0.2) is 0 Å². The van der Waals surface area contributed by atoms with Gasteiger partial charge in [-0.25, -0.2) is 5.01 Å². The van der Waals surface area contributed by atoms with Gasteiger partial charge in [0.05, 0.1) is 0 Å². The average molecular weight is 182 g/mol. The third-order valence-electron chi connectivity index (χ3n) is 1.76. The molecular weight excluding hydrogens is 160 g/mol. The van der Waals surface area contributed by atoms with E-state index in [1.54, 1.807) is 0 Å². The summed E-state index contributed by atoms with van der Waals surface area (Å²) in [7, 11) is 2.07. The van der Waals surface area contributed by atoms with Gasteiger partial charge in [-0.05, 0) is 19.3 Å². The minimum Gasteiger partial charge on any atom is -0.256 e. The maximum atomic E-state index is 3.68. The Morgan fingerprint density at radius 2 is 1.92 bits per heavy atom. The molecular formula is C11H22N2. The van der Waals surface area contributed by atoms with Crippen molar-refractivity contribution in [2.45, 2.75) is 26.2 Å². The highest BCUT2D eigenvalue weighted by Gasteiger charge is 1.90. The summed E-state index contributed by atoms with van der Waals surface area (Å²) in [4.78, 5) is 0. The van der Waals surface area contributed by atoms with Gasteiger partial charge in [-0.1, -0.05) is 25.2 Å². The zero-order chi connectivity index (χ0) is 9.94. The van der Waals surface area contributed by atoms with Crippen LogP contribution in [-0.4, -0.2) is 25.1 Å². The lowest BCUT2D eigenvalue weighted by Gasteiger charge is -2.15. The predicted molar refractivity (Wildman–Crippen MR) is 59.5 cm³/mol. The van der Waals surface area contributed by atoms with Crippen molar-refractivity contribution in [2.75, 3.05) is 20.1 Å². The van der Waals surface area contributed by atoms with E-state index in [2.05, 4.69) is 43.1 Å². The van der Waals surface area contributed by atoms with Crippen molar-refractivity contribution in [1.82, 2.24) is 10.4 Å². The molecule has 13 heavy (non-hydrogen) atoms. The fourth-order valence-electron chi connectivity index (χ4n) is 1.07. The number of hydrogen-bond acceptors (Lipinski definition) is 2. The van der Waals surface area contributed by atoms with Gasteiger partial charge in [-0.15, -0.1) is 6.58 Å². The van der Waals surface area contributed by atoms with Crippen LogP contribution < -0.4 is 5.43 Å². The molecule has 76 valence electrons. The summed E-state index contributed by atoms with van der Waals surface area (Å²) >= 11 is 0. The van der Waals surface area contributed by atoms with E-state index < -0.39 is 0 Å². The van der Waals surface area contributed by atoms with Crippen molar-refractivity contribution in [1.29, 1.82) is 0 Å². The third-order valence-corrected chi connectivity index (χ3v) is 1.76. The van der Waals surface area contributed by atoms with Gasteiger partial charge in [0, 0.05) is 20.1 Å². The van der Waals surface area contributed by atoms with Crippen LogP contribution in [0.2, 0.25) is 0 Å². The molecule has 0 saturated carbocycles. The quantitative estimate of drug-likeness (QED) is 0.352. The fourth-order valence-corrected chi connectivity index (χ4v) is 1.07. The van der Waals surface area contributed by atoms with Gasteiger partial charge in [-0.3, -0.25) is 5.43 Å². The Balaban J connectivity index is 3.22. The van der Waals surface area contributed by atoms with Gasteiger partial charge in [0.1, 0.15) is 0 Å². The van der Waals surface area contributed by atoms with E-state index in [4.69, 9.17) is 0 Å². The highest BCUT2D eigenvalue weighted by Crippen LogP contribution is 1.93. The molecule has 2 heteroatoms. The van der Waals surface area contributed by atoms with Crippen LogP contribution in [0, 0.1) is 0 Å².